The topological polar surface area (TPSA) is 61.8 Å². The van der Waals surface area contributed by atoms with Gasteiger partial charge in [-0.1, -0.05) is 45.4 Å². The van der Waals surface area contributed by atoms with Crippen LogP contribution in [0.1, 0.15) is 58.1 Å². The number of hydrogen-bond donors (Lipinski definition) is 0. The maximum absolute atomic E-state index is 12.9. The van der Waals surface area contributed by atoms with Gasteiger partial charge in [-0.25, -0.2) is 14.3 Å². The average molecular weight is 389 g/mol. The Labute approximate surface area is 163 Å². The largest absolute Gasteiger partial charge is 0.337 e. The van der Waals surface area contributed by atoms with Crippen LogP contribution in [0.15, 0.2) is 34.1 Å². The fourth-order valence-electron chi connectivity index (χ4n) is 3.45. The predicted molar refractivity (Wildman–Crippen MR) is 109 cm³/mol. The fraction of sp³-hybridized carbons (Fsp3) is 0.450. The first kappa shape index (κ1) is 19.4. The monoisotopic (exact) mass is 388 g/mol. The third-order valence-electron chi connectivity index (χ3n) is 5.19. The minimum absolute atomic E-state index is 0.146. The van der Waals surface area contributed by atoms with E-state index in [1.807, 2.05) is 22.8 Å². The average Bonchev–Trinajstić information content (AvgIpc) is 3.06. The molecule has 3 rings (SSSR count). The van der Waals surface area contributed by atoms with Crippen molar-refractivity contribution in [3.05, 3.63) is 56.0 Å². The first-order valence-corrected chi connectivity index (χ1v) is 9.67. The molecule has 0 bridgehead atoms. The Morgan fingerprint density at radius 3 is 2.37 bits per heavy atom. The number of fused-ring (bicyclic) bond motifs is 1. The van der Waals surface area contributed by atoms with Crippen LogP contribution in [0.4, 0.5) is 0 Å². The van der Waals surface area contributed by atoms with E-state index in [0.29, 0.717) is 27.8 Å². The van der Waals surface area contributed by atoms with Crippen molar-refractivity contribution in [3.63, 3.8) is 0 Å². The molecule has 0 aliphatic carbocycles. The highest BCUT2D eigenvalue weighted by atomic mass is 35.5. The van der Waals surface area contributed by atoms with E-state index >= 15 is 0 Å². The summed E-state index contributed by atoms with van der Waals surface area (Å²) in [6.07, 6.45) is 3.39. The lowest BCUT2D eigenvalue weighted by atomic mass is 10.0. The second-order valence-corrected chi connectivity index (χ2v) is 7.55. The molecule has 3 aromatic rings. The lowest BCUT2D eigenvalue weighted by molar-refractivity contribution is 0.481. The standard InChI is InChI=1S/C20H25ClN4O2/c1-6-14(7-2)24-11-22-18-17(24)19(26)23(5)20(27)25(18)16-9-8-13(12(3)4)10-15(16)21/h8-12,14H,6-7H2,1-5H3. The van der Waals surface area contributed by atoms with Gasteiger partial charge in [0.05, 0.1) is 17.0 Å². The molecule has 0 atom stereocenters. The molecule has 2 heterocycles. The number of nitrogens with zero attached hydrogens (tertiary/aromatic N) is 4. The number of halogens is 1. The fourth-order valence-corrected chi connectivity index (χ4v) is 3.72. The van der Waals surface area contributed by atoms with Crippen molar-refractivity contribution in [2.24, 2.45) is 7.05 Å². The van der Waals surface area contributed by atoms with Crippen LogP contribution in [0, 0.1) is 0 Å². The van der Waals surface area contributed by atoms with Crippen molar-refractivity contribution in [2.45, 2.75) is 52.5 Å². The third-order valence-corrected chi connectivity index (χ3v) is 5.49. The summed E-state index contributed by atoms with van der Waals surface area (Å²) in [7, 11) is 1.49. The van der Waals surface area contributed by atoms with Gasteiger partial charge in [0.1, 0.15) is 0 Å². The molecule has 144 valence electrons. The van der Waals surface area contributed by atoms with E-state index in [4.69, 9.17) is 11.6 Å². The van der Waals surface area contributed by atoms with Gasteiger partial charge in [0.2, 0.25) is 0 Å². The predicted octanol–water partition coefficient (Wildman–Crippen LogP) is 4.02. The Bertz CT molecular complexity index is 1100. The van der Waals surface area contributed by atoms with E-state index in [-0.39, 0.29) is 11.6 Å². The molecular formula is C20H25ClN4O2. The number of hydrogen-bond acceptors (Lipinski definition) is 3. The summed E-state index contributed by atoms with van der Waals surface area (Å²) in [5.41, 5.74) is 1.58. The summed E-state index contributed by atoms with van der Waals surface area (Å²) in [6.45, 7) is 8.31. The SMILES string of the molecule is CCC(CC)n1cnc2c1c(=O)n(C)c(=O)n2-c1ccc(C(C)C)cc1Cl. The second kappa shape index (κ2) is 7.35. The molecule has 0 spiro atoms. The molecule has 0 saturated carbocycles. The Morgan fingerprint density at radius 1 is 1.15 bits per heavy atom. The minimum atomic E-state index is -0.457. The number of rotatable bonds is 5. The van der Waals surface area contributed by atoms with Gasteiger partial charge in [-0.15, -0.1) is 0 Å². The second-order valence-electron chi connectivity index (χ2n) is 7.14. The van der Waals surface area contributed by atoms with E-state index in [0.717, 1.165) is 23.0 Å². The molecule has 27 heavy (non-hydrogen) atoms. The third kappa shape index (κ3) is 3.12. The van der Waals surface area contributed by atoms with Crippen LogP contribution in [0.2, 0.25) is 5.02 Å². The van der Waals surface area contributed by atoms with Crippen LogP contribution in [0.3, 0.4) is 0 Å². The molecule has 0 saturated heterocycles. The van der Waals surface area contributed by atoms with Crippen LogP contribution in [0.25, 0.3) is 16.9 Å². The molecule has 0 unspecified atom stereocenters. The summed E-state index contributed by atoms with van der Waals surface area (Å²) in [5.74, 6) is 0.322. The molecule has 0 radical (unpaired) electrons. The molecular weight excluding hydrogens is 364 g/mol. The zero-order chi connectivity index (χ0) is 19.9. The zero-order valence-corrected chi connectivity index (χ0v) is 17.1. The summed E-state index contributed by atoms with van der Waals surface area (Å²) < 4.78 is 4.43. The van der Waals surface area contributed by atoms with Crippen LogP contribution >= 0.6 is 11.6 Å². The lowest BCUT2D eigenvalue weighted by Gasteiger charge is -2.16. The van der Waals surface area contributed by atoms with Crippen molar-refractivity contribution in [1.82, 2.24) is 18.7 Å². The Morgan fingerprint density at radius 2 is 1.81 bits per heavy atom. The van der Waals surface area contributed by atoms with Crippen molar-refractivity contribution >= 4 is 22.8 Å². The van der Waals surface area contributed by atoms with Crippen molar-refractivity contribution in [2.75, 3.05) is 0 Å². The molecule has 0 amide bonds. The molecule has 0 aliphatic heterocycles. The quantitative estimate of drug-likeness (QED) is 0.663. The summed E-state index contributed by atoms with van der Waals surface area (Å²) in [6, 6.07) is 5.78. The Kier molecular flexibility index (Phi) is 5.29. The van der Waals surface area contributed by atoms with E-state index in [1.54, 1.807) is 6.33 Å². The van der Waals surface area contributed by atoms with Crippen LogP contribution in [0.5, 0.6) is 0 Å². The van der Waals surface area contributed by atoms with Crippen LogP contribution in [-0.4, -0.2) is 18.7 Å². The first-order chi connectivity index (χ1) is 12.8. The normalized spacial score (nSPS) is 11.9. The van der Waals surface area contributed by atoms with E-state index < -0.39 is 5.69 Å². The van der Waals surface area contributed by atoms with E-state index in [2.05, 4.69) is 32.7 Å². The van der Waals surface area contributed by atoms with E-state index in [9.17, 15) is 9.59 Å². The molecule has 0 aliphatic rings. The van der Waals surface area contributed by atoms with E-state index in [1.165, 1.54) is 11.6 Å². The van der Waals surface area contributed by atoms with Gasteiger partial charge in [-0.3, -0.25) is 9.36 Å². The highest BCUT2D eigenvalue weighted by Gasteiger charge is 2.21. The van der Waals surface area contributed by atoms with Gasteiger partial charge in [0, 0.05) is 13.1 Å². The van der Waals surface area contributed by atoms with Gasteiger partial charge >= 0.3 is 5.69 Å². The van der Waals surface area contributed by atoms with Crippen LogP contribution in [-0.2, 0) is 7.05 Å². The minimum Gasteiger partial charge on any atom is -0.322 e. The van der Waals surface area contributed by atoms with Gasteiger partial charge in [0.25, 0.3) is 5.56 Å². The van der Waals surface area contributed by atoms with Gasteiger partial charge in [-0.05, 0) is 36.5 Å². The maximum atomic E-state index is 12.9. The molecule has 0 N–H and O–H groups in total. The van der Waals surface area contributed by atoms with Gasteiger partial charge in [0.15, 0.2) is 11.2 Å². The van der Waals surface area contributed by atoms with Gasteiger partial charge in [-0.2, -0.15) is 0 Å². The maximum Gasteiger partial charge on any atom is 0.337 e. The number of aromatic nitrogens is 4. The Hall–Kier alpha value is -2.34. The highest BCUT2D eigenvalue weighted by molar-refractivity contribution is 6.32. The zero-order valence-electron chi connectivity index (χ0n) is 16.4. The lowest BCUT2D eigenvalue weighted by Crippen LogP contribution is -2.38. The molecule has 2 aromatic heterocycles. The van der Waals surface area contributed by atoms with Crippen LogP contribution < -0.4 is 11.2 Å². The summed E-state index contributed by atoms with van der Waals surface area (Å²) in [5, 5.41) is 0.459. The molecule has 6 nitrogen and oxygen atoms in total. The molecule has 1 aromatic carbocycles. The number of benzene rings is 1. The van der Waals surface area contributed by atoms with Crippen molar-refractivity contribution < 1.29 is 0 Å². The molecule has 7 heteroatoms. The Balaban J connectivity index is 2.38. The van der Waals surface area contributed by atoms with Crippen molar-refractivity contribution in [3.8, 4) is 5.69 Å². The first-order valence-electron chi connectivity index (χ1n) is 9.30. The summed E-state index contributed by atoms with van der Waals surface area (Å²) in [4.78, 5) is 30.2. The van der Waals surface area contributed by atoms with Crippen molar-refractivity contribution in [1.29, 1.82) is 0 Å². The highest BCUT2D eigenvalue weighted by Crippen LogP contribution is 2.27. The molecule has 0 fully saturated rings. The number of imidazole rings is 1. The summed E-state index contributed by atoms with van der Waals surface area (Å²) >= 11 is 6.51. The smallest absolute Gasteiger partial charge is 0.322 e. The van der Waals surface area contributed by atoms with Gasteiger partial charge < -0.3 is 4.57 Å².